The van der Waals surface area contributed by atoms with Gasteiger partial charge in [0.1, 0.15) is 0 Å². The van der Waals surface area contributed by atoms with Crippen LogP contribution in [0, 0.1) is 0 Å². The Morgan fingerprint density at radius 3 is 1.88 bits per heavy atom. The van der Waals surface area contributed by atoms with Crippen molar-refractivity contribution in [2.75, 3.05) is 24.2 Å². The third-order valence-corrected chi connectivity index (χ3v) is 3.86. The zero-order chi connectivity index (χ0) is 12.9. The Kier molecular flexibility index (Phi) is 5.00. The summed E-state index contributed by atoms with van der Waals surface area (Å²) >= 11 is 0. The second-order valence-electron chi connectivity index (χ2n) is 3.96. The normalized spacial score (nSPS) is 15.4. The summed E-state index contributed by atoms with van der Waals surface area (Å²) in [6, 6.07) is 7.15. The van der Waals surface area contributed by atoms with Gasteiger partial charge in [-0.1, -0.05) is 13.8 Å². The molecule has 0 amide bonds. The lowest BCUT2D eigenvalue weighted by Crippen LogP contribution is -2.17. The Balaban J connectivity index is 0.000000686. The SMILES string of the molecule is CC.CS(=O)(=O)c1ccc(N2CCCC2)cc1. The molecule has 4 heteroatoms. The number of anilines is 1. The molecule has 1 aromatic carbocycles. The van der Waals surface area contributed by atoms with Gasteiger partial charge in [-0.2, -0.15) is 0 Å². The summed E-state index contributed by atoms with van der Waals surface area (Å²) in [5.74, 6) is 0. The van der Waals surface area contributed by atoms with Gasteiger partial charge in [0.15, 0.2) is 9.84 Å². The fourth-order valence-corrected chi connectivity index (χ4v) is 2.51. The molecule has 1 aromatic rings. The molecule has 1 aliphatic heterocycles. The second-order valence-corrected chi connectivity index (χ2v) is 5.98. The van der Waals surface area contributed by atoms with Crippen LogP contribution in [-0.2, 0) is 9.84 Å². The van der Waals surface area contributed by atoms with E-state index in [2.05, 4.69) is 4.90 Å². The molecule has 0 aliphatic carbocycles. The number of hydrogen-bond acceptors (Lipinski definition) is 3. The first-order valence-electron chi connectivity index (χ1n) is 6.12. The molecule has 1 heterocycles. The molecule has 0 radical (unpaired) electrons. The van der Waals surface area contributed by atoms with E-state index in [1.54, 1.807) is 12.1 Å². The lowest BCUT2D eigenvalue weighted by Gasteiger charge is -2.17. The summed E-state index contributed by atoms with van der Waals surface area (Å²) in [5.41, 5.74) is 1.12. The van der Waals surface area contributed by atoms with Crippen molar-refractivity contribution in [3.8, 4) is 0 Å². The van der Waals surface area contributed by atoms with E-state index in [1.165, 1.54) is 19.1 Å². The maximum atomic E-state index is 11.3. The van der Waals surface area contributed by atoms with Gasteiger partial charge >= 0.3 is 0 Å². The summed E-state index contributed by atoms with van der Waals surface area (Å²) in [6.07, 6.45) is 3.69. The van der Waals surface area contributed by atoms with E-state index in [0.717, 1.165) is 18.8 Å². The van der Waals surface area contributed by atoms with Gasteiger partial charge < -0.3 is 4.90 Å². The van der Waals surface area contributed by atoms with Crippen LogP contribution >= 0.6 is 0 Å². The minimum absolute atomic E-state index is 0.394. The van der Waals surface area contributed by atoms with Crippen molar-refractivity contribution in [1.29, 1.82) is 0 Å². The molecule has 0 bridgehead atoms. The van der Waals surface area contributed by atoms with Crippen molar-refractivity contribution in [3.63, 3.8) is 0 Å². The highest BCUT2D eigenvalue weighted by atomic mass is 32.2. The van der Waals surface area contributed by atoms with Crippen LogP contribution in [0.3, 0.4) is 0 Å². The zero-order valence-corrected chi connectivity index (χ0v) is 11.6. The molecular formula is C13H21NO2S. The highest BCUT2D eigenvalue weighted by Crippen LogP contribution is 2.21. The smallest absolute Gasteiger partial charge is 0.175 e. The number of sulfone groups is 1. The number of benzene rings is 1. The molecule has 2 rings (SSSR count). The van der Waals surface area contributed by atoms with E-state index in [0.29, 0.717) is 4.90 Å². The third-order valence-electron chi connectivity index (χ3n) is 2.74. The predicted octanol–water partition coefficient (Wildman–Crippen LogP) is 2.72. The highest BCUT2D eigenvalue weighted by molar-refractivity contribution is 7.90. The minimum atomic E-state index is -3.06. The molecule has 96 valence electrons. The molecule has 0 unspecified atom stereocenters. The van der Waals surface area contributed by atoms with Crippen LogP contribution in [0.15, 0.2) is 29.2 Å². The molecule has 1 saturated heterocycles. The maximum Gasteiger partial charge on any atom is 0.175 e. The summed E-state index contributed by atoms with van der Waals surface area (Å²) in [7, 11) is -3.06. The van der Waals surface area contributed by atoms with Gasteiger partial charge in [-0.15, -0.1) is 0 Å². The lowest BCUT2D eigenvalue weighted by molar-refractivity contribution is 0.602. The maximum absolute atomic E-state index is 11.3. The van der Waals surface area contributed by atoms with Crippen LogP contribution < -0.4 is 4.90 Å². The third kappa shape index (κ3) is 3.73. The van der Waals surface area contributed by atoms with Crippen molar-refractivity contribution in [2.24, 2.45) is 0 Å². The van der Waals surface area contributed by atoms with E-state index < -0.39 is 9.84 Å². The van der Waals surface area contributed by atoms with E-state index in [4.69, 9.17) is 0 Å². The molecule has 0 atom stereocenters. The van der Waals surface area contributed by atoms with Gasteiger partial charge in [-0.3, -0.25) is 0 Å². The first-order valence-corrected chi connectivity index (χ1v) is 8.01. The number of rotatable bonds is 2. The van der Waals surface area contributed by atoms with Crippen molar-refractivity contribution in [3.05, 3.63) is 24.3 Å². The Morgan fingerprint density at radius 1 is 1.00 bits per heavy atom. The standard InChI is InChI=1S/C11H15NO2S.C2H6/c1-15(13,14)11-6-4-10(5-7-11)12-8-2-3-9-12;1-2/h4-7H,2-3,8-9H2,1H3;1-2H3. The Bertz CT molecular complexity index is 431. The van der Waals surface area contributed by atoms with Crippen molar-refractivity contribution < 1.29 is 8.42 Å². The minimum Gasteiger partial charge on any atom is -0.372 e. The van der Waals surface area contributed by atoms with Crippen LogP contribution in [0.5, 0.6) is 0 Å². The highest BCUT2D eigenvalue weighted by Gasteiger charge is 2.13. The van der Waals surface area contributed by atoms with Crippen LogP contribution in [0.2, 0.25) is 0 Å². The monoisotopic (exact) mass is 255 g/mol. The molecule has 17 heavy (non-hydrogen) atoms. The molecule has 0 spiro atoms. The van der Waals surface area contributed by atoms with Gasteiger partial charge in [0, 0.05) is 25.0 Å². The lowest BCUT2D eigenvalue weighted by atomic mass is 10.3. The fraction of sp³-hybridized carbons (Fsp3) is 0.538. The van der Waals surface area contributed by atoms with Crippen molar-refractivity contribution in [1.82, 2.24) is 0 Å². The molecule has 3 nitrogen and oxygen atoms in total. The van der Waals surface area contributed by atoms with E-state index in [-0.39, 0.29) is 0 Å². The summed E-state index contributed by atoms with van der Waals surface area (Å²) < 4.78 is 22.5. The Labute approximate surface area is 104 Å². The van der Waals surface area contributed by atoms with E-state index in [9.17, 15) is 8.42 Å². The molecule has 1 aliphatic rings. The van der Waals surface area contributed by atoms with Gasteiger partial charge in [-0.25, -0.2) is 8.42 Å². The summed E-state index contributed by atoms with van der Waals surface area (Å²) in [4.78, 5) is 2.68. The van der Waals surface area contributed by atoms with Crippen molar-refractivity contribution in [2.45, 2.75) is 31.6 Å². The first-order chi connectivity index (χ1) is 8.07. The van der Waals surface area contributed by atoms with Gasteiger partial charge in [0.2, 0.25) is 0 Å². The van der Waals surface area contributed by atoms with Gasteiger partial charge in [-0.05, 0) is 37.1 Å². The van der Waals surface area contributed by atoms with E-state index >= 15 is 0 Å². The summed E-state index contributed by atoms with van der Waals surface area (Å²) in [6.45, 7) is 6.16. The van der Waals surface area contributed by atoms with Gasteiger partial charge in [0.05, 0.1) is 4.90 Å². The average molecular weight is 255 g/mol. The Hall–Kier alpha value is -1.03. The first kappa shape index (κ1) is 14.0. The van der Waals surface area contributed by atoms with Crippen LogP contribution in [0.25, 0.3) is 0 Å². The van der Waals surface area contributed by atoms with Crippen LogP contribution in [0.1, 0.15) is 26.7 Å². The molecule has 0 saturated carbocycles. The fourth-order valence-electron chi connectivity index (χ4n) is 1.88. The predicted molar refractivity (Wildman–Crippen MR) is 72.3 cm³/mol. The Morgan fingerprint density at radius 2 is 1.47 bits per heavy atom. The zero-order valence-electron chi connectivity index (χ0n) is 10.8. The van der Waals surface area contributed by atoms with Crippen LogP contribution in [0.4, 0.5) is 5.69 Å². The van der Waals surface area contributed by atoms with Crippen LogP contribution in [-0.4, -0.2) is 27.8 Å². The number of nitrogens with zero attached hydrogens (tertiary/aromatic N) is 1. The average Bonchev–Trinajstić information content (AvgIpc) is 2.84. The molecule has 1 fully saturated rings. The topological polar surface area (TPSA) is 37.4 Å². The van der Waals surface area contributed by atoms with E-state index in [1.807, 2.05) is 26.0 Å². The molecular weight excluding hydrogens is 234 g/mol. The molecule has 0 aromatic heterocycles. The number of hydrogen-bond donors (Lipinski definition) is 0. The quantitative estimate of drug-likeness (QED) is 0.815. The largest absolute Gasteiger partial charge is 0.372 e. The second kappa shape index (κ2) is 6.05. The summed E-state index contributed by atoms with van der Waals surface area (Å²) in [5, 5.41) is 0. The molecule has 0 N–H and O–H groups in total. The van der Waals surface area contributed by atoms with Gasteiger partial charge in [0.25, 0.3) is 0 Å². The van der Waals surface area contributed by atoms with Crippen molar-refractivity contribution >= 4 is 15.5 Å².